The standard InChI is InChI=1S/C56H87NO9/c1-5-9-12-15-18-19-20-21-22-23-24-25-26-27-30-35-53(58)63-46-50-41-51(43-52(42-50)48-66-56(60)65-45-49-34-33-38-57(8-4)44-49)47-64-54(59)36-37-55(61-39-31-28-16-13-10-6-2)62-40-32-29-17-14-11-7-3/h18-19,21-22,41-43,49,55H,5-15,20,23-27,30-40,44-48H2,1-4H3/b19-18-,22-21-. The molecule has 1 aromatic rings. The van der Waals surface area contributed by atoms with Gasteiger partial charge in [-0.15, -0.1) is 23.7 Å². The molecule has 0 amide bonds. The molecule has 0 aromatic heterocycles. The zero-order valence-electron chi connectivity index (χ0n) is 41.7. The summed E-state index contributed by atoms with van der Waals surface area (Å²) in [5.74, 6) is 12.3. The number of allylic oxidation sites excluding steroid dienone is 4. The molecule has 0 aliphatic carbocycles. The Morgan fingerprint density at radius 1 is 0.621 bits per heavy atom. The van der Waals surface area contributed by atoms with Crippen molar-refractivity contribution in [2.45, 2.75) is 208 Å². The quantitative estimate of drug-likeness (QED) is 0.0161. The predicted octanol–water partition coefficient (Wildman–Crippen LogP) is 13.3. The summed E-state index contributed by atoms with van der Waals surface area (Å²) >= 11 is 0. The molecule has 10 heteroatoms. The van der Waals surface area contributed by atoms with E-state index in [0.29, 0.717) is 62.2 Å². The van der Waals surface area contributed by atoms with Gasteiger partial charge in [0.25, 0.3) is 0 Å². The first-order valence-electron chi connectivity index (χ1n) is 25.8. The highest BCUT2D eigenvalue weighted by atomic mass is 16.7. The van der Waals surface area contributed by atoms with E-state index < -0.39 is 18.4 Å². The molecule has 1 unspecified atom stereocenters. The number of hydrogen-bond donors (Lipinski definition) is 0. The predicted molar refractivity (Wildman–Crippen MR) is 265 cm³/mol. The van der Waals surface area contributed by atoms with Crippen molar-refractivity contribution in [1.82, 2.24) is 4.90 Å². The number of esters is 2. The lowest BCUT2D eigenvalue weighted by molar-refractivity contribution is -0.158. The highest BCUT2D eigenvalue weighted by molar-refractivity contribution is 5.69. The number of piperidine rings is 1. The maximum atomic E-state index is 13.1. The largest absolute Gasteiger partial charge is 0.508 e. The SMILES string of the molecule is CCCCC#CCCOC(CCC(=O)OCc1cc(COC(=O)CCCCCCC/C=C\C/C=C\CCCCC)cc(COC(=O)OCC2CCCN(CC)C2)c1)OCCC#CCCCC. The second kappa shape index (κ2) is 41.1. The normalized spacial score (nSPS) is 13.9. The van der Waals surface area contributed by atoms with Gasteiger partial charge >= 0.3 is 18.1 Å². The first-order valence-corrected chi connectivity index (χ1v) is 25.8. The number of rotatable bonds is 36. The molecule has 370 valence electrons. The van der Waals surface area contributed by atoms with Gasteiger partial charge in [0.1, 0.15) is 19.8 Å². The highest BCUT2D eigenvalue weighted by Crippen LogP contribution is 2.19. The molecule has 0 bridgehead atoms. The first kappa shape index (κ1) is 58.0. The third kappa shape index (κ3) is 32.6. The van der Waals surface area contributed by atoms with E-state index in [4.69, 9.17) is 28.4 Å². The van der Waals surface area contributed by atoms with Gasteiger partial charge in [0, 0.05) is 51.0 Å². The van der Waals surface area contributed by atoms with Gasteiger partial charge in [0.15, 0.2) is 6.29 Å². The molecule has 66 heavy (non-hydrogen) atoms. The minimum absolute atomic E-state index is 0.00722. The van der Waals surface area contributed by atoms with Crippen LogP contribution in [0, 0.1) is 29.6 Å². The number of unbranched alkanes of at least 4 members (excludes halogenated alkanes) is 12. The van der Waals surface area contributed by atoms with Crippen molar-refractivity contribution in [3.05, 3.63) is 59.2 Å². The highest BCUT2D eigenvalue weighted by Gasteiger charge is 2.21. The van der Waals surface area contributed by atoms with Gasteiger partial charge in [-0.2, -0.15) is 0 Å². The number of nitrogens with zero attached hydrogens (tertiary/aromatic N) is 1. The topological polar surface area (TPSA) is 110 Å². The Balaban J connectivity index is 1.91. The van der Waals surface area contributed by atoms with E-state index in [1.807, 2.05) is 18.2 Å². The Morgan fingerprint density at radius 2 is 1.15 bits per heavy atom. The van der Waals surface area contributed by atoms with Gasteiger partial charge in [0.05, 0.1) is 26.2 Å². The smallest absolute Gasteiger partial charge is 0.461 e. The van der Waals surface area contributed by atoms with Crippen LogP contribution < -0.4 is 0 Å². The van der Waals surface area contributed by atoms with Gasteiger partial charge in [0.2, 0.25) is 0 Å². The van der Waals surface area contributed by atoms with E-state index in [9.17, 15) is 14.4 Å². The first-order chi connectivity index (χ1) is 32.4. The molecule has 0 spiro atoms. The van der Waals surface area contributed by atoms with Gasteiger partial charge in [-0.05, 0) is 112 Å². The monoisotopic (exact) mass is 918 g/mol. The van der Waals surface area contributed by atoms with Crippen LogP contribution in [0.3, 0.4) is 0 Å². The molecule has 1 aromatic carbocycles. The Kier molecular flexibility index (Phi) is 36.2. The lowest BCUT2D eigenvalue weighted by Crippen LogP contribution is -2.37. The van der Waals surface area contributed by atoms with Crippen LogP contribution in [0.25, 0.3) is 0 Å². The van der Waals surface area contributed by atoms with Crippen molar-refractivity contribution >= 4 is 18.1 Å². The van der Waals surface area contributed by atoms with Crippen LogP contribution in [0.15, 0.2) is 42.5 Å². The number of carbonyl (C=O) groups is 3. The lowest BCUT2D eigenvalue weighted by atomic mass is 9.99. The molecule has 1 atom stereocenters. The Morgan fingerprint density at radius 3 is 1.74 bits per heavy atom. The average Bonchev–Trinajstić information content (AvgIpc) is 3.33. The van der Waals surface area contributed by atoms with E-state index >= 15 is 0 Å². The Labute approximate surface area is 400 Å². The molecule has 0 N–H and O–H groups in total. The number of ether oxygens (including phenoxy) is 6. The van der Waals surface area contributed by atoms with Crippen molar-refractivity contribution in [3.8, 4) is 23.7 Å². The number of hydrogen-bond acceptors (Lipinski definition) is 10. The van der Waals surface area contributed by atoms with Gasteiger partial charge < -0.3 is 33.3 Å². The minimum Gasteiger partial charge on any atom is -0.461 e. The molecular weight excluding hydrogens is 831 g/mol. The van der Waals surface area contributed by atoms with Crippen molar-refractivity contribution in [2.75, 3.05) is 39.5 Å². The van der Waals surface area contributed by atoms with E-state index in [1.54, 1.807) is 0 Å². The maximum absolute atomic E-state index is 13.1. The summed E-state index contributed by atoms with van der Waals surface area (Å²) in [6.45, 7) is 12.8. The minimum atomic E-state index is -0.725. The van der Waals surface area contributed by atoms with Crippen LogP contribution >= 0.6 is 0 Å². The summed E-state index contributed by atoms with van der Waals surface area (Å²) in [6.07, 6.45) is 30.3. The van der Waals surface area contributed by atoms with Crippen LogP contribution in [0.2, 0.25) is 0 Å². The van der Waals surface area contributed by atoms with Crippen LogP contribution in [0.5, 0.6) is 0 Å². The summed E-state index contributed by atoms with van der Waals surface area (Å²) in [4.78, 5) is 40.8. The zero-order valence-corrected chi connectivity index (χ0v) is 41.7. The third-order valence-corrected chi connectivity index (χ3v) is 11.3. The number of carbonyl (C=O) groups excluding carboxylic acids is 3. The summed E-state index contributed by atoms with van der Waals surface area (Å²) in [5.41, 5.74) is 2.07. The van der Waals surface area contributed by atoms with Crippen molar-refractivity contribution in [3.63, 3.8) is 0 Å². The van der Waals surface area contributed by atoms with Crippen LogP contribution in [0.4, 0.5) is 4.79 Å². The Hall–Kier alpha value is -4.09. The molecule has 1 heterocycles. The lowest BCUT2D eigenvalue weighted by Gasteiger charge is -2.31. The molecule has 1 fully saturated rings. The van der Waals surface area contributed by atoms with E-state index in [-0.39, 0.29) is 38.1 Å². The van der Waals surface area contributed by atoms with Crippen molar-refractivity contribution < 1.29 is 42.8 Å². The molecule has 1 aliphatic heterocycles. The second-order valence-corrected chi connectivity index (χ2v) is 17.3. The summed E-state index contributed by atoms with van der Waals surface area (Å²) in [6, 6.07) is 5.51. The van der Waals surface area contributed by atoms with Gasteiger partial charge in [-0.25, -0.2) is 4.79 Å². The number of benzene rings is 1. The fourth-order valence-electron chi connectivity index (χ4n) is 7.40. The molecule has 2 rings (SSSR count). The summed E-state index contributed by atoms with van der Waals surface area (Å²) in [5, 5.41) is 0. The van der Waals surface area contributed by atoms with E-state index in [0.717, 1.165) is 116 Å². The molecule has 0 radical (unpaired) electrons. The fraction of sp³-hybridized carbons (Fsp3) is 0.696. The van der Waals surface area contributed by atoms with Gasteiger partial charge in [-0.3, -0.25) is 9.59 Å². The molecule has 0 saturated carbocycles. The Bertz CT molecular complexity index is 1580. The number of likely N-dealkylation sites (tertiary alicyclic amines) is 1. The molecule has 10 nitrogen and oxygen atoms in total. The third-order valence-electron chi connectivity index (χ3n) is 11.3. The molecule has 1 saturated heterocycles. The second-order valence-electron chi connectivity index (χ2n) is 17.3. The van der Waals surface area contributed by atoms with Crippen molar-refractivity contribution in [1.29, 1.82) is 0 Å². The molecular formula is C56H87NO9. The zero-order chi connectivity index (χ0) is 47.6. The maximum Gasteiger partial charge on any atom is 0.508 e. The van der Waals surface area contributed by atoms with E-state index in [2.05, 4.69) is 80.6 Å². The molecule has 1 aliphatic rings. The summed E-state index contributed by atoms with van der Waals surface area (Å²) in [7, 11) is 0. The van der Waals surface area contributed by atoms with E-state index in [1.165, 1.54) is 25.7 Å². The van der Waals surface area contributed by atoms with Crippen molar-refractivity contribution in [2.24, 2.45) is 5.92 Å². The average molecular weight is 918 g/mol. The summed E-state index contributed by atoms with van der Waals surface area (Å²) < 4.78 is 34.4. The fourth-order valence-corrected chi connectivity index (χ4v) is 7.40. The van der Waals surface area contributed by atoms with Crippen LogP contribution in [-0.4, -0.2) is 68.7 Å². The van der Waals surface area contributed by atoms with Gasteiger partial charge in [-0.1, -0.05) is 96.9 Å². The van der Waals surface area contributed by atoms with Crippen LogP contribution in [0.1, 0.15) is 198 Å². The van der Waals surface area contributed by atoms with Crippen LogP contribution in [-0.2, 0) is 57.8 Å².